The van der Waals surface area contributed by atoms with Crippen LogP contribution in [0.4, 0.5) is 0 Å². The highest BCUT2D eigenvalue weighted by Gasteiger charge is 2.17. The molecule has 0 aromatic rings. The number of nitrogens with two attached hydrogens (primary N) is 1. The van der Waals surface area contributed by atoms with Crippen molar-refractivity contribution in [1.82, 2.24) is 5.43 Å². The predicted molar refractivity (Wildman–Crippen MR) is 57.7 cm³/mol. The van der Waals surface area contributed by atoms with Crippen molar-refractivity contribution in [3.63, 3.8) is 0 Å². The van der Waals surface area contributed by atoms with Crippen LogP contribution >= 0.6 is 11.8 Å². The molecule has 4 heteroatoms. The highest BCUT2D eigenvalue weighted by Crippen LogP contribution is 2.29. The quantitative estimate of drug-likeness (QED) is 0.503. The van der Waals surface area contributed by atoms with E-state index in [-0.39, 0.29) is 0 Å². The normalized spacial score (nSPS) is 20.8. The van der Waals surface area contributed by atoms with E-state index in [4.69, 9.17) is 10.6 Å². The Morgan fingerprint density at radius 3 is 2.77 bits per heavy atom. The topological polar surface area (TPSA) is 47.3 Å². The van der Waals surface area contributed by atoms with Crippen molar-refractivity contribution in [2.24, 2.45) is 5.84 Å². The average molecular weight is 204 g/mol. The Hall–Kier alpha value is 0.230. The van der Waals surface area contributed by atoms with Crippen LogP contribution in [0.3, 0.4) is 0 Å². The maximum atomic E-state index is 5.40. The first-order chi connectivity index (χ1) is 6.36. The summed E-state index contributed by atoms with van der Waals surface area (Å²) in [5.41, 5.74) is 2.78. The van der Waals surface area contributed by atoms with Gasteiger partial charge in [-0.15, -0.1) is 0 Å². The summed E-state index contributed by atoms with van der Waals surface area (Å²) in [5.74, 6) is 6.46. The lowest BCUT2D eigenvalue weighted by atomic mass is 10.4. The summed E-state index contributed by atoms with van der Waals surface area (Å²) >= 11 is 2.03. The Balaban J connectivity index is 2.07. The highest BCUT2D eigenvalue weighted by atomic mass is 32.2. The molecule has 3 nitrogen and oxygen atoms in total. The van der Waals surface area contributed by atoms with Crippen LogP contribution < -0.4 is 11.3 Å². The smallest absolute Gasteiger partial charge is 0.0637 e. The molecule has 1 aliphatic rings. The van der Waals surface area contributed by atoms with Gasteiger partial charge in [0.25, 0.3) is 0 Å². The monoisotopic (exact) mass is 204 g/mol. The van der Waals surface area contributed by atoms with Crippen LogP contribution in [0.1, 0.15) is 25.7 Å². The standard InChI is InChI=1S/C9H20N2OS/c1-12-6-8(11-10)7-13-9-4-2-3-5-9/h8-9,11H,2-7,10H2,1H3. The lowest BCUT2D eigenvalue weighted by Crippen LogP contribution is -2.40. The van der Waals surface area contributed by atoms with E-state index in [2.05, 4.69) is 5.43 Å². The second-order valence-electron chi connectivity index (χ2n) is 3.56. The minimum Gasteiger partial charge on any atom is -0.383 e. The van der Waals surface area contributed by atoms with Gasteiger partial charge < -0.3 is 4.74 Å². The fraction of sp³-hybridized carbons (Fsp3) is 1.00. The first-order valence-corrected chi connectivity index (χ1v) is 5.98. The van der Waals surface area contributed by atoms with Crippen LogP contribution in [0.15, 0.2) is 0 Å². The molecule has 0 aromatic heterocycles. The van der Waals surface area contributed by atoms with Crippen molar-refractivity contribution in [3.8, 4) is 0 Å². The van der Waals surface area contributed by atoms with Gasteiger partial charge >= 0.3 is 0 Å². The summed E-state index contributed by atoms with van der Waals surface area (Å²) in [6.07, 6.45) is 5.58. The minimum atomic E-state index is 0.301. The fourth-order valence-corrected chi connectivity index (χ4v) is 3.02. The van der Waals surface area contributed by atoms with Gasteiger partial charge in [-0.1, -0.05) is 12.8 Å². The van der Waals surface area contributed by atoms with E-state index >= 15 is 0 Å². The van der Waals surface area contributed by atoms with E-state index in [1.807, 2.05) is 11.8 Å². The number of hydrogen-bond donors (Lipinski definition) is 2. The summed E-state index contributed by atoms with van der Waals surface area (Å²) in [6.45, 7) is 0.705. The molecule has 1 rings (SSSR count). The van der Waals surface area contributed by atoms with E-state index in [0.29, 0.717) is 12.6 Å². The fourth-order valence-electron chi connectivity index (χ4n) is 1.65. The highest BCUT2D eigenvalue weighted by molar-refractivity contribution is 7.99. The molecule has 3 N–H and O–H groups in total. The molecule has 0 heterocycles. The van der Waals surface area contributed by atoms with Crippen LogP contribution in [0.5, 0.6) is 0 Å². The Kier molecular flexibility index (Phi) is 5.78. The second-order valence-corrected chi connectivity index (χ2v) is 4.89. The molecule has 78 valence electrons. The summed E-state index contributed by atoms with van der Waals surface area (Å²) in [4.78, 5) is 0. The number of ether oxygens (including phenoxy) is 1. The van der Waals surface area contributed by atoms with Gasteiger partial charge in [-0.2, -0.15) is 11.8 Å². The molecule has 0 radical (unpaired) electrons. The van der Waals surface area contributed by atoms with Gasteiger partial charge in [0.1, 0.15) is 0 Å². The zero-order chi connectivity index (χ0) is 9.52. The maximum absolute atomic E-state index is 5.40. The second kappa shape index (κ2) is 6.65. The Morgan fingerprint density at radius 1 is 1.54 bits per heavy atom. The molecule has 1 unspecified atom stereocenters. The number of hydrazine groups is 1. The summed E-state index contributed by atoms with van der Waals surface area (Å²) in [6, 6.07) is 0.301. The zero-order valence-corrected chi connectivity index (χ0v) is 9.11. The average Bonchev–Trinajstić information content (AvgIpc) is 2.64. The molecular formula is C9H20N2OS. The third-order valence-electron chi connectivity index (χ3n) is 2.44. The van der Waals surface area contributed by atoms with E-state index in [1.54, 1.807) is 7.11 Å². The molecule has 0 amide bonds. The van der Waals surface area contributed by atoms with E-state index in [9.17, 15) is 0 Å². The molecule has 0 saturated heterocycles. The first-order valence-electron chi connectivity index (χ1n) is 4.93. The molecule has 1 saturated carbocycles. The molecule has 0 aromatic carbocycles. The van der Waals surface area contributed by atoms with Gasteiger partial charge in [-0.25, -0.2) is 0 Å². The van der Waals surface area contributed by atoms with Crippen LogP contribution in [-0.2, 0) is 4.74 Å². The third-order valence-corrected chi connectivity index (χ3v) is 3.98. The van der Waals surface area contributed by atoms with Gasteiger partial charge in [-0.3, -0.25) is 11.3 Å². The van der Waals surface area contributed by atoms with Gasteiger partial charge in [-0.05, 0) is 12.8 Å². The zero-order valence-electron chi connectivity index (χ0n) is 8.29. The summed E-state index contributed by atoms with van der Waals surface area (Å²) < 4.78 is 5.05. The molecule has 0 spiro atoms. The summed E-state index contributed by atoms with van der Waals surface area (Å²) in [5, 5.41) is 0.868. The predicted octanol–water partition coefficient (Wildman–Crippen LogP) is 1.14. The van der Waals surface area contributed by atoms with E-state index in [0.717, 1.165) is 11.0 Å². The lowest BCUT2D eigenvalue weighted by molar-refractivity contribution is 0.174. The number of hydrogen-bond acceptors (Lipinski definition) is 4. The first kappa shape index (κ1) is 11.3. The molecule has 0 bridgehead atoms. The maximum Gasteiger partial charge on any atom is 0.0637 e. The van der Waals surface area contributed by atoms with Crippen LogP contribution in [-0.4, -0.2) is 30.8 Å². The molecule has 1 aliphatic carbocycles. The lowest BCUT2D eigenvalue weighted by Gasteiger charge is -2.16. The largest absolute Gasteiger partial charge is 0.383 e. The molecule has 1 fully saturated rings. The van der Waals surface area contributed by atoms with Crippen LogP contribution in [0.2, 0.25) is 0 Å². The van der Waals surface area contributed by atoms with Crippen LogP contribution in [0.25, 0.3) is 0 Å². The summed E-state index contributed by atoms with van der Waals surface area (Å²) in [7, 11) is 1.71. The Labute approximate surface area is 84.7 Å². The number of nitrogens with one attached hydrogen (secondary N) is 1. The van der Waals surface area contributed by atoms with Gasteiger partial charge in [0, 0.05) is 18.1 Å². The molecule has 13 heavy (non-hydrogen) atoms. The SMILES string of the molecule is COCC(CSC1CCCC1)NN. The van der Waals surface area contributed by atoms with Crippen molar-refractivity contribution in [3.05, 3.63) is 0 Å². The van der Waals surface area contributed by atoms with Crippen LogP contribution in [0, 0.1) is 0 Å². The molecule has 1 atom stereocenters. The number of methoxy groups -OCH3 is 1. The van der Waals surface area contributed by atoms with Gasteiger partial charge in [0.2, 0.25) is 0 Å². The third kappa shape index (κ3) is 4.31. The van der Waals surface area contributed by atoms with Crippen molar-refractivity contribution in [1.29, 1.82) is 0 Å². The minimum absolute atomic E-state index is 0.301. The van der Waals surface area contributed by atoms with E-state index in [1.165, 1.54) is 25.7 Å². The van der Waals surface area contributed by atoms with Gasteiger partial charge in [0.05, 0.1) is 12.6 Å². The number of rotatable bonds is 6. The molecular weight excluding hydrogens is 184 g/mol. The van der Waals surface area contributed by atoms with Crippen molar-refractivity contribution in [2.45, 2.75) is 37.0 Å². The van der Waals surface area contributed by atoms with E-state index < -0.39 is 0 Å². The Bertz CT molecular complexity index is 129. The van der Waals surface area contributed by atoms with Gasteiger partial charge in [0.15, 0.2) is 0 Å². The molecule has 0 aliphatic heterocycles. The Morgan fingerprint density at radius 2 is 2.23 bits per heavy atom. The van der Waals surface area contributed by atoms with Crippen molar-refractivity contribution < 1.29 is 4.74 Å². The number of thioether (sulfide) groups is 1. The van der Waals surface area contributed by atoms with Crippen molar-refractivity contribution >= 4 is 11.8 Å². The van der Waals surface area contributed by atoms with Crippen molar-refractivity contribution in [2.75, 3.05) is 19.5 Å².